The fraction of sp³-hybridized carbons (Fsp3) is 0.250. The van der Waals surface area contributed by atoms with Gasteiger partial charge in [-0.2, -0.15) is 0 Å². The van der Waals surface area contributed by atoms with Crippen LogP contribution in [0, 0.1) is 5.92 Å². The first-order valence-electron chi connectivity index (χ1n) is 8.02. The second-order valence-corrected chi connectivity index (χ2v) is 6.20. The van der Waals surface area contributed by atoms with E-state index in [4.69, 9.17) is 4.74 Å². The molecule has 3 aromatic rings. The molecule has 0 aliphatic rings. The Morgan fingerprint density at radius 1 is 1.08 bits per heavy atom. The molecule has 0 saturated carbocycles. The minimum Gasteiger partial charge on any atom is -0.497 e. The summed E-state index contributed by atoms with van der Waals surface area (Å²) in [5, 5.41) is 11.3. The van der Waals surface area contributed by atoms with Crippen molar-refractivity contribution in [1.29, 1.82) is 0 Å². The van der Waals surface area contributed by atoms with Crippen LogP contribution in [0.4, 0.5) is 0 Å². The summed E-state index contributed by atoms with van der Waals surface area (Å²) in [6.07, 6.45) is 3.27. The molecule has 0 spiro atoms. The number of aromatic nitrogens is 2. The molecule has 1 atom stereocenters. The molecule has 0 aliphatic carbocycles. The van der Waals surface area contributed by atoms with Crippen LogP contribution in [0.5, 0.6) is 5.75 Å². The predicted octanol–water partition coefficient (Wildman–Crippen LogP) is 3.98. The normalized spacial score (nSPS) is 13.7. The maximum atomic E-state index is 11.3. The van der Waals surface area contributed by atoms with Crippen molar-refractivity contribution in [1.82, 2.24) is 9.97 Å². The van der Waals surface area contributed by atoms with Gasteiger partial charge < -0.3 is 14.8 Å². The van der Waals surface area contributed by atoms with Gasteiger partial charge in [0.15, 0.2) is 0 Å². The third-order valence-corrected chi connectivity index (χ3v) is 4.47. The van der Waals surface area contributed by atoms with Crippen LogP contribution < -0.4 is 4.74 Å². The molecule has 1 unspecified atom stereocenters. The molecule has 0 bridgehead atoms. The van der Waals surface area contributed by atoms with Gasteiger partial charge in [0.2, 0.25) is 0 Å². The van der Waals surface area contributed by atoms with E-state index in [1.54, 1.807) is 19.6 Å². The van der Waals surface area contributed by atoms with Gasteiger partial charge in [0.1, 0.15) is 11.4 Å². The lowest BCUT2D eigenvalue weighted by molar-refractivity contribution is 0.0279. The number of methoxy groups -OCH3 is 1. The first kappa shape index (κ1) is 16.3. The van der Waals surface area contributed by atoms with Gasteiger partial charge in [0.25, 0.3) is 0 Å². The van der Waals surface area contributed by atoms with Gasteiger partial charge in [0.05, 0.1) is 25.3 Å². The average molecular weight is 322 g/mol. The Morgan fingerprint density at radius 3 is 2.42 bits per heavy atom. The molecule has 2 N–H and O–H groups in total. The molecule has 0 radical (unpaired) electrons. The van der Waals surface area contributed by atoms with E-state index in [0.29, 0.717) is 5.69 Å². The van der Waals surface area contributed by atoms with Gasteiger partial charge in [-0.3, -0.25) is 0 Å². The number of imidazole rings is 1. The molecular formula is C20H22N2O2. The first-order valence-corrected chi connectivity index (χ1v) is 8.02. The summed E-state index contributed by atoms with van der Waals surface area (Å²) >= 11 is 0. The lowest BCUT2D eigenvalue weighted by Crippen LogP contribution is -2.33. The van der Waals surface area contributed by atoms with E-state index in [1.165, 1.54) is 0 Å². The Kier molecular flexibility index (Phi) is 4.40. The Morgan fingerprint density at radius 2 is 1.83 bits per heavy atom. The zero-order chi connectivity index (χ0) is 17.2. The summed E-state index contributed by atoms with van der Waals surface area (Å²) in [6.45, 7) is 3.99. The van der Waals surface area contributed by atoms with Gasteiger partial charge in [0, 0.05) is 0 Å². The van der Waals surface area contributed by atoms with Gasteiger partial charge in [-0.05, 0) is 34.7 Å². The van der Waals surface area contributed by atoms with E-state index in [1.807, 2.05) is 62.4 Å². The first-order chi connectivity index (χ1) is 11.6. The highest BCUT2D eigenvalue weighted by Crippen LogP contribution is 2.36. The van der Waals surface area contributed by atoms with Gasteiger partial charge in [-0.15, -0.1) is 0 Å². The molecule has 0 fully saturated rings. The maximum absolute atomic E-state index is 11.3. The molecule has 0 aliphatic heterocycles. The number of benzene rings is 2. The molecule has 24 heavy (non-hydrogen) atoms. The summed E-state index contributed by atoms with van der Waals surface area (Å²) in [6, 6.07) is 15.9. The number of aliphatic hydroxyl groups is 1. The van der Waals surface area contributed by atoms with Crippen molar-refractivity contribution in [3.05, 3.63) is 72.3 Å². The van der Waals surface area contributed by atoms with Crippen molar-refractivity contribution >= 4 is 0 Å². The molecule has 124 valence electrons. The van der Waals surface area contributed by atoms with Crippen molar-refractivity contribution in [2.75, 3.05) is 7.11 Å². The van der Waals surface area contributed by atoms with Gasteiger partial charge >= 0.3 is 0 Å². The molecule has 4 heteroatoms. The average Bonchev–Trinajstić information content (AvgIpc) is 3.16. The van der Waals surface area contributed by atoms with E-state index in [-0.39, 0.29) is 5.92 Å². The molecule has 1 aromatic heterocycles. The highest BCUT2D eigenvalue weighted by atomic mass is 16.5. The standard InChI is InChI=1S/C20H22N2O2/c1-14(2)20(23,19-12-21-13-22-19)17-9-7-15(8-10-17)16-5-4-6-18(11-16)24-3/h4-14,23H,1-3H3,(H,21,22). The SMILES string of the molecule is COc1cccc(-c2ccc(C(O)(c3cnc[nH]3)C(C)C)cc2)c1. The molecular weight excluding hydrogens is 300 g/mol. The summed E-state index contributed by atoms with van der Waals surface area (Å²) in [7, 11) is 1.66. The number of rotatable bonds is 5. The van der Waals surface area contributed by atoms with Crippen LogP contribution in [0.2, 0.25) is 0 Å². The minimum absolute atomic E-state index is 0.000573. The Hall–Kier alpha value is -2.59. The van der Waals surface area contributed by atoms with Crippen LogP contribution in [0.25, 0.3) is 11.1 Å². The number of hydrogen-bond acceptors (Lipinski definition) is 3. The Bertz CT molecular complexity index is 795. The fourth-order valence-corrected chi connectivity index (χ4v) is 2.98. The van der Waals surface area contributed by atoms with Crippen molar-refractivity contribution in [3.8, 4) is 16.9 Å². The van der Waals surface area contributed by atoms with Crippen molar-refractivity contribution in [3.63, 3.8) is 0 Å². The van der Waals surface area contributed by atoms with E-state index >= 15 is 0 Å². The minimum atomic E-state index is -1.09. The van der Waals surface area contributed by atoms with E-state index in [2.05, 4.69) is 9.97 Å². The van der Waals surface area contributed by atoms with E-state index in [9.17, 15) is 5.11 Å². The molecule has 2 aromatic carbocycles. The molecule has 0 saturated heterocycles. The predicted molar refractivity (Wildman–Crippen MR) is 94.9 cm³/mol. The second-order valence-electron chi connectivity index (χ2n) is 6.20. The van der Waals surface area contributed by atoms with Gasteiger partial charge in [-0.1, -0.05) is 50.2 Å². The Balaban J connectivity index is 1.99. The number of nitrogens with one attached hydrogen (secondary N) is 1. The third kappa shape index (κ3) is 2.81. The second kappa shape index (κ2) is 6.49. The van der Waals surface area contributed by atoms with Crippen molar-refractivity contribution in [2.24, 2.45) is 5.92 Å². The zero-order valence-electron chi connectivity index (χ0n) is 14.2. The van der Waals surface area contributed by atoms with Crippen LogP contribution in [-0.4, -0.2) is 22.2 Å². The highest BCUT2D eigenvalue weighted by Gasteiger charge is 2.36. The van der Waals surface area contributed by atoms with Crippen LogP contribution in [0.15, 0.2) is 61.1 Å². The van der Waals surface area contributed by atoms with Gasteiger partial charge in [-0.25, -0.2) is 4.98 Å². The topological polar surface area (TPSA) is 58.1 Å². The van der Waals surface area contributed by atoms with Crippen LogP contribution in [-0.2, 0) is 5.60 Å². The van der Waals surface area contributed by atoms with Crippen molar-refractivity contribution < 1.29 is 9.84 Å². The number of H-pyrrole nitrogens is 1. The van der Waals surface area contributed by atoms with Crippen molar-refractivity contribution in [2.45, 2.75) is 19.4 Å². The van der Waals surface area contributed by atoms with E-state index < -0.39 is 5.60 Å². The highest BCUT2D eigenvalue weighted by molar-refractivity contribution is 5.65. The molecule has 0 amide bonds. The van der Waals surface area contributed by atoms with Crippen LogP contribution >= 0.6 is 0 Å². The third-order valence-electron chi connectivity index (χ3n) is 4.47. The fourth-order valence-electron chi connectivity index (χ4n) is 2.98. The molecule has 4 nitrogen and oxygen atoms in total. The maximum Gasteiger partial charge on any atom is 0.133 e. The summed E-state index contributed by atoms with van der Waals surface area (Å²) < 4.78 is 5.28. The van der Waals surface area contributed by atoms with Crippen LogP contribution in [0.3, 0.4) is 0 Å². The number of hydrogen-bond donors (Lipinski definition) is 2. The number of aromatic amines is 1. The van der Waals surface area contributed by atoms with Crippen LogP contribution in [0.1, 0.15) is 25.1 Å². The summed E-state index contributed by atoms with van der Waals surface area (Å²) in [4.78, 5) is 7.09. The zero-order valence-corrected chi connectivity index (χ0v) is 14.2. The molecule has 3 rings (SSSR count). The molecule has 1 heterocycles. The summed E-state index contributed by atoms with van der Waals surface area (Å²) in [5.41, 5.74) is 2.60. The largest absolute Gasteiger partial charge is 0.497 e. The lowest BCUT2D eigenvalue weighted by atomic mass is 9.80. The summed E-state index contributed by atoms with van der Waals surface area (Å²) in [5.74, 6) is 0.827. The lowest BCUT2D eigenvalue weighted by Gasteiger charge is -2.31. The quantitative estimate of drug-likeness (QED) is 0.747. The smallest absolute Gasteiger partial charge is 0.133 e. The number of ether oxygens (including phenoxy) is 1. The number of nitrogens with zero attached hydrogens (tertiary/aromatic N) is 1. The van der Waals surface area contributed by atoms with E-state index in [0.717, 1.165) is 22.4 Å². The monoisotopic (exact) mass is 322 g/mol. The Labute approximate surface area is 142 Å².